The smallest absolute Gasteiger partial charge is 0.410 e. The van der Waals surface area contributed by atoms with Crippen molar-refractivity contribution in [2.75, 3.05) is 19.8 Å². The van der Waals surface area contributed by atoms with Crippen LogP contribution in [0.5, 0.6) is 0 Å². The summed E-state index contributed by atoms with van der Waals surface area (Å²) in [6.07, 6.45) is 7.02. The minimum Gasteiger partial charge on any atom is -0.456 e. The fraction of sp³-hybridized carbons (Fsp3) is 0.625. The van der Waals surface area contributed by atoms with E-state index in [1.807, 2.05) is 38.1 Å². The van der Waals surface area contributed by atoms with E-state index in [0.29, 0.717) is 37.5 Å². The molecule has 30 heavy (non-hydrogen) atoms. The third-order valence-corrected chi connectivity index (χ3v) is 5.95. The van der Waals surface area contributed by atoms with Gasteiger partial charge in [-0.1, -0.05) is 57.4 Å². The molecule has 0 aromatic heterocycles. The van der Waals surface area contributed by atoms with Crippen LogP contribution in [0.2, 0.25) is 0 Å². The van der Waals surface area contributed by atoms with Crippen molar-refractivity contribution < 1.29 is 23.9 Å². The molecule has 0 N–H and O–H groups in total. The summed E-state index contributed by atoms with van der Waals surface area (Å²) < 4.78 is 10.5. The highest BCUT2D eigenvalue weighted by Gasteiger charge is 2.36. The van der Waals surface area contributed by atoms with Crippen molar-refractivity contribution in [3.63, 3.8) is 0 Å². The van der Waals surface area contributed by atoms with Crippen molar-refractivity contribution in [1.29, 1.82) is 0 Å². The second kappa shape index (κ2) is 10.6. The van der Waals surface area contributed by atoms with Gasteiger partial charge in [0.15, 0.2) is 12.4 Å². The highest BCUT2D eigenvalue weighted by atomic mass is 16.6. The molecule has 2 aliphatic rings. The highest BCUT2D eigenvalue weighted by molar-refractivity contribution is 5.98. The predicted octanol–water partition coefficient (Wildman–Crippen LogP) is 4.72. The first-order valence-corrected chi connectivity index (χ1v) is 11.2. The van der Waals surface area contributed by atoms with Gasteiger partial charge in [-0.15, -0.1) is 0 Å². The molecule has 0 bridgehead atoms. The van der Waals surface area contributed by atoms with E-state index in [9.17, 15) is 14.4 Å². The Bertz CT molecular complexity index is 736. The average molecular weight is 416 g/mol. The normalized spacial score (nSPS) is 19.7. The van der Waals surface area contributed by atoms with Crippen LogP contribution in [-0.4, -0.2) is 48.5 Å². The summed E-state index contributed by atoms with van der Waals surface area (Å²) in [7, 11) is 0. The first-order valence-electron chi connectivity index (χ1n) is 11.2. The van der Waals surface area contributed by atoms with Gasteiger partial charge in [-0.05, 0) is 43.1 Å². The van der Waals surface area contributed by atoms with Crippen molar-refractivity contribution >= 4 is 17.8 Å². The molecule has 0 radical (unpaired) electrons. The molecule has 1 saturated heterocycles. The van der Waals surface area contributed by atoms with Crippen LogP contribution in [0.3, 0.4) is 0 Å². The van der Waals surface area contributed by atoms with E-state index in [0.717, 1.165) is 0 Å². The monoisotopic (exact) mass is 415 g/mol. The van der Waals surface area contributed by atoms with Crippen LogP contribution in [0.4, 0.5) is 4.79 Å². The number of ketones is 1. The molecule has 1 aromatic rings. The van der Waals surface area contributed by atoms with Gasteiger partial charge < -0.3 is 9.47 Å². The van der Waals surface area contributed by atoms with E-state index >= 15 is 0 Å². The van der Waals surface area contributed by atoms with E-state index in [-0.39, 0.29) is 18.3 Å². The molecule has 6 heteroatoms. The standard InChI is InChI=1S/C24H33NO5/c1-17(2)15-30-24(28)25-14-6-9-21(25)23(27)29-16-22(26)20-12-10-19(11-13-20)18-7-4-3-5-8-18/h10-13,17-18,21H,3-9,14-16H2,1-2H3. The van der Waals surface area contributed by atoms with Gasteiger partial charge in [-0.3, -0.25) is 9.69 Å². The van der Waals surface area contributed by atoms with Crippen molar-refractivity contribution in [3.8, 4) is 0 Å². The number of carbonyl (C=O) groups excluding carboxylic acids is 3. The number of likely N-dealkylation sites (tertiary alicyclic amines) is 1. The summed E-state index contributed by atoms with van der Waals surface area (Å²) in [4.78, 5) is 38.6. The van der Waals surface area contributed by atoms with Crippen LogP contribution in [0.1, 0.15) is 80.6 Å². The predicted molar refractivity (Wildman–Crippen MR) is 113 cm³/mol. The molecule has 1 amide bonds. The van der Waals surface area contributed by atoms with Crippen molar-refractivity contribution in [1.82, 2.24) is 4.90 Å². The molecule has 1 aliphatic carbocycles. The highest BCUT2D eigenvalue weighted by Crippen LogP contribution is 2.32. The number of esters is 1. The Kier molecular flexibility index (Phi) is 7.88. The van der Waals surface area contributed by atoms with Crippen LogP contribution >= 0.6 is 0 Å². The van der Waals surface area contributed by atoms with Crippen LogP contribution in [-0.2, 0) is 14.3 Å². The number of rotatable bonds is 7. The first kappa shape index (κ1) is 22.3. The molecule has 6 nitrogen and oxygen atoms in total. The van der Waals surface area contributed by atoms with Gasteiger partial charge in [0.2, 0.25) is 0 Å². The van der Waals surface area contributed by atoms with Crippen LogP contribution in [0.15, 0.2) is 24.3 Å². The number of carbonyl (C=O) groups is 3. The molecule has 1 heterocycles. The molecule has 1 atom stereocenters. The number of nitrogens with zero attached hydrogens (tertiary/aromatic N) is 1. The summed E-state index contributed by atoms with van der Waals surface area (Å²) in [5.41, 5.74) is 1.83. The molecule has 2 fully saturated rings. The lowest BCUT2D eigenvalue weighted by molar-refractivity contribution is -0.147. The lowest BCUT2D eigenvalue weighted by atomic mass is 9.84. The summed E-state index contributed by atoms with van der Waals surface area (Å²) in [6.45, 7) is 4.37. The Morgan fingerprint density at radius 2 is 1.67 bits per heavy atom. The maximum atomic E-state index is 12.5. The number of hydrogen-bond donors (Lipinski definition) is 0. The quantitative estimate of drug-likeness (QED) is 0.476. The van der Waals surface area contributed by atoms with Crippen molar-refractivity contribution in [2.24, 2.45) is 5.92 Å². The number of benzene rings is 1. The largest absolute Gasteiger partial charge is 0.456 e. The molecule has 3 rings (SSSR count). The molecule has 164 valence electrons. The summed E-state index contributed by atoms with van der Waals surface area (Å²) >= 11 is 0. The van der Waals surface area contributed by atoms with Gasteiger partial charge in [-0.25, -0.2) is 9.59 Å². The number of amides is 1. The van der Waals surface area contributed by atoms with Gasteiger partial charge in [0, 0.05) is 12.1 Å². The van der Waals surface area contributed by atoms with E-state index in [2.05, 4.69) is 0 Å². The van der Waals surface area contributed by atoms with Gasteiger partial charge in [-0.2, -0.15) is 0 Å². The first-order chi connectivity index (χ1) is 14.5. The number of ether oxygens (including phenoxy) is 2. The maximum Gasteiger partial charge on any atom is 0.410 e. The zero-order valence-corrected chi connectivity index (χ0v) is 18.1. The number of hydrogen-bond acceptors (Lipinski definition) is 5. The van der Waals surface area contributed by atoms with Crippen LogP contribution < -0.4 is 0 Å². The van der Waals surface area contributed by atoms with Gasteiger partial charge >= 0.3 is 12.1 Å². The van der Waals surface area contributed by atoms with Crippen LogP contribution in [0, 0.1) is 5.92 Å². The zero-order valence-electron chi connectivity index (χ0n) is 18.1. The molecule has 1 unspecified atom stereocenters. The van der Waals surface area contributed by atoms with Crippen molar-refractivity contribution in [2.45, 2.75) is 70.8 Å². The second-order valence-electron chi connectivity index (χ2n) is 8.81. The summed E-state index contributed by atoms with van der Waals surface area (Å²) in [5.74, 6) is 0.0419. The Morgan fingerprint density at radius 1 is 0.967 bits per heavy atom. The van der Waals surface area contributed by atoms with E-state index in [1.54, 1.807) is 0 Å². The number of Topliss-reactive ketones (excluding diaryl/α,β-unsaturated/α-hetero) is 1. The SMILES string of the molecule is CC(C)COC(=O)N1CCCC1C(=O)OCC(=O)c1ccc(C2CCCCC2)cc1. The molecule has 1 aliphatic heterocycles. The average Bonchev–Trinajstić information content (AvgIpc) is 3.26. The third kappa shape index (κ3) is 5.83. The van der Waals surface area contributed by atoms with E-state index in [1.165, 1.54) is 42.6 Å². The molecular weight excluding hydrogens is 382 g/mol. The Hall–Kier alpha value is -2.37. The third-order valence-electron chi connectivity index (χ3n) is 5.95. The lowest BCUT2D eigenvalue weighted by Crippen LogP contribution is -2.42. The Labute approximate surface area is 178 Å². The molecule has 1 saturated carbocycles. The fourth-order valence-corrected chi connectivity index (χ4v) is 4.24. The Morgan fingerprint density at radius 3 is 2.33 bits per heavy atom. The van der Waals surface area contributed by atoms with Gasteiger partial charge in [0.1, 0.15) is 6.04 Å². The topological polar surface area (TPSA) is 72.9 Å². The van der Waals surface area contributed by atoms with Gasteiger partial charge in [0.25, 0.3) is 0 Å². The summed E-state index contributed by atoms with van der Waals surface area (Å²) in [5, 5.41) is 0. The second-order valence-corrected chi connectivity index (χ2v) is 8.81. The summed E-state index contributed by atoms with van der Waals surface area (Å²) in [6, 6.07) is 7.02. The van der Waals surface area contributed by atoms with E-state index < -0.39 is 18.1 Å². The zero-order chi connectivity index (χ0) is 21.5. The fourth-order valence-electron chi connectivity index (χ4n) is 4.24. The lowest BCUT2D eigenvalue weighted by Gasteiger charge is -2.23. The van der Waals surface area contributed by atoms with E-state index in [4.69, 9.17) is 9.47 Å². The minimum atomic E-state index is -0.675. The van der Waals surface area contributed by atoms with Crippen LogP contribution in [0.25, 0.3) is 0 Å². The molecule has 1 aromatic carbocycles. The molecule has 0 spiro atoms. The molecular formula is C24H33NO5. The van der Waals surface area contributed by atoms with Crippen molar-refractivity contribution in [3.05, 3.63) is 35.4 Å². The Balaban J connectivity index is 1.49. The minimum absolute atomic E-state index is 0.226. The van der Waals surface area contributed by atoms with Gasteiger partial charge in [0.05, 0.1) is 6.61 Å². The maximum absolute atomic E-state index is 12.5.